The fourth-order valence-electron chi connectivity index (χ4n) is 3.95. The van der Waals surface area contributed by atoms with E-state index in [1.165, 1.54) is 0 Å². The topological polar surface area (TPSA) is 89.1 Å². The minimum Gasteiger partial charge on any atom is -0.497 e. The molecule has 0 aliphatic carbocycles. The molecule has 4 rings (SSSR count). The molecule has 8 nitrogen and oxygen atoms in total. The second kappa shape index (κ2) is 9.38. The minimum atomic E-state index is -0.500. The molecule has 0 radical (unpaired) electrons. The van der Waals surface area contributed by atoms with Gasteiger partial charge in [0.25, 0.3) is 0 Å². The summed E-state index contributed by atoms with van der Waals surface area (Å²) in [4.78, 5) is 27.2. The van der Waals surface area contributed by atoms with Crippen LogP contribution < -0.4 is 24.8 Å². The normalized spacial score (nSPS) is 16.4. The average molecular weight is 440 g/mol. The lowest BCUT2D eigenvalue weighted by Gasteiger charge is -2.38. The van der Waals surface area contributed by atoms with Gasteiger partial charge in [0.2, 0.25) is 12.7 Å². The number of carbonyl (C=O) groups excluding carboxylic acids is 2. The van der Waals surface area contributed by atoms with Gasteiger partial charge >= 0.3 is 6.03 Å². The maximum atomic E-state index is 12.9. The van der Waals surface area contributed by atoms with Crippen molar-refractivity contribution in [3.05, 3.63) is 53.6 Å². The van der Waals surface area contributed by atoms with E-state index >= 15 is 0 Å². The van der Waals surface area contributed by atoms with Gasteiger partial charge in [-0.05, 0) is 48.2 Å². The zero-order valence-electron chi connectivity index (χ0n) is 18.5. The molecule has 2 aliphatic rings. The monoisotopic (exact) mass is 439 g/mol. The van der Waals surface area contributed by atoms with Crippen molar-refractivity contribution in [2.45, 2.75) is 32.9 Å². The van der Waals surface area contributed by atoms with E-state index in [0.717, 1.165) is 22.6 Å². The Morgan fingerprint density at radius 3 is 2.50 bits per heavy atom. The van der Waals surface area contributed by atoms with Crippen LogP contribution in [-0.4, -0.2) is 43.8 Å². The van der Waals surface area contributed by atoms with E-state index in [9.17, 15) is 9.59 Å². The maximum Gasteiger partial charge on any atom is 0.317 e. The number of methoxy groups -OCH3 is 1. The largest absolute Gasteiger partial charge is 0.497 e. The summed E-state index contributed by atoms with van der Waals surface area (Å²) in [7, 11) is 1.62. The third kappa shape index (κ3) is 4.90. The summed E-state index contributed by atoms with van der Waals surface area (Å²) in [6, 6.07) is 13.2. The number of urea groups is 1. The number of carbonyl (C=O) groups is 2. The highest BCUT2D eigenvalue weighted by Gasteiger charge is 2.38. The first-order chi connectivity index (χ1) is 15.5. The molecule has 2 aliphatic heterocycles. The molecule has 2 N–H and O–H groups in total. The number of likely N-dealkylation sites (tertiary alicyclic amines) is 1. The second-order valence-electron chi connectivity index (χ2n) is 8.43. The van der Waals surface area contributed by atoms with Gasteiger partial charge in [0, 0.05) is 31.6 Å². The van der Waals surface area contributed by atoms with Crippen molar-refractivity contribution in [1.29, 1.82) is 0 Å². The van der Waals surface area contributed by atoms with Crippen molar-refractivity contribution in [2.24, 2.45) is 5.41 Å². The Morgan fingerprint density at radius 1 is 1.00 bits per heavy atom. The number of rotatable bonds is 6. The van der Waals surface area contributed by atoms with Crippen LogP contribution in [0, 0.1) is 5.41 Å². The average Bonchev–Trinajstić information content (AvgIpc) is 3.29. The van der Waals surface area contributed by atoms with Crippen LogP contribution in [0.15, 0.2) is 42.5 Å². The minimum absolute atomic E-state index is 0.00612. The highest BCUT2D eigenvalue weighted by Crippen LogP contribution is 2.33. The number of benzene rings is 2. The quantitative estimate of drug-likeness (QED) is 0.722. The summed E-state index contributed by atoms with van der Waals surface area (Å²) in [5.41, 5.74) is 1.43. The van der Waals surface area contributed by atoms with E-state index in [-0.39, 0.29) is 18.7 Å². The van der Waals surface area contributed by atoms with Crippen LogP contribution in [0.1, 0.15) is 30.9 Å². The van der Waals surface area contributed by atoms with Crippen molar-refractivity contribution < 1.29 is 23.8 Å². The van der Waals surface area contributed by atoms with E-state index in [1.54, 1.807) is 12.0 Å². The number of hydrogen-bond acceptors (Lipinski definition) is 5. The zero-order valence-corrected chi connectivity index (χ0v) is 18.5. The Labute approximate surface area is 187 Å². The number of nitrogens with zero attached hydrogens (tertiary/aromatic N) is 1. The van der Waals surface area contributed by atoms with Crippen LogP contribution in [0.25, 0.3) is 0 Å². The number of nitrogens with one attached hydrogen (secondary N) is 2. The van der Waals surface area contributed by atoms with Gasteiger partial charge in [-0.25, -0.2) is 4.79 Å². The lowest BCUT2D eigenvalue weighted by Crippen LogP contribution is -2.50. The second-order valence-corrected chi connectivity index (χ2v) is 8.43. The van der Waals surface area contributed by atoms with Crippen LogP contribution in [0.4, 0.5) is 4.79 Å². The molecule has 1 saturated heterocycles. The molecule has 2 aromatic rings. The molecule has 1 fully saturated rings. The third-order valence-electron chi connectivity index (χ3n) is 6.17. The number of amides is 3. The summed E-state index contributed by atoms with van der Waals surface area (Å²) in [5, 5.41) is 5.99. The van der Waals surface area contributed by atoms with Crippen LogP contribution in [-0.2, 0) is 17.9 Å². The maximum absolute atomic E-state index is 12.9. The molecule has 2 aromatic carbocycles. The molecular weight excluding hydrogens is 410 g/mol. The summed E-state index contributed by atoms with van der Waals surface area (Å²) < 4.78 is 15.9. The Bertz CT molecular complexity index is 985. The first kappa shape index (κ1) is 21.8. The van der Waals surface area contributed by atoms with Crippen molar-refractivity contribution >= 4 is 11.9 Å². The fourth-order valence-corrected chi connectivity index (χ4v) is 3.95. The molecule has 0 atom stereocenters. The van der Waals surface area contributed by atoms with Crippen molar-refractivity contribution in [1.82, 2.24) is 15.5 Å². The molecule has 0 spiro atoms. The van der Waals surface area contributed by atoms with Crippen LogP contribution in [0.5, 0.6) is 17.2 Å². The molecule has 8 heteroatoms. The summed E-state index contributed by atoms with van der Waals surface area (Å²) in [5.74, 6) is 2.20. The molecule has 3 amide bonds. The lowest BCUT2D eigenvalue weighted by atomic mass is 9.79. The van der Waals surface area contributed by atoms with Gasteiger partial charge < -0.3 is 29.7 Å². The smallest absolute Gasteiger partial charge is 0.317 e. The van der Waals surface area contributed by atoms with E-state index in [2.05, 4.69) is 10.6 Å². The highest BCUT2D eigenvalue weighted by molar-refractivity contribution is 5.83. The first-order valence-corrected chi connectivity index (χ1v) is 10.8. The third-order valence-corrected chi connectivity index (χ3v) is 6.17. The molecule has 0 saturated carbocycles. The van der Waals surface area contributed by atoms with E-state index in [0.29, 0.717) is 44.8 Å². The SMILES string of the molecule is COc1cccc(CNC(=O)N2CCC(C)(C(=O)NCc3ccc4c(c3)OCO4)CC2)c1. The molecule has 32 heavy (non-hydrogen) atoms. The Morgan fingerprint density at radius 2 is 1.72 bits per heavy atom. The number of fused-ring (bicyclic) bond motifs is 1. The lowest BCUT2D eigenvalue weighted by molar-refractivity contribution is -0.132. The van der Waals surface area contributed by atoms with Crippen molar-refractivity contribution in [3.63, 3.8) is 0 Å². The zero-order chi connectivity index (χ0) is 22.6. The van der Waals surface area contributed by atoms with Gasteiger partial charge in [-0.3, -0.25) is 4.79 Å². The molecule has 0 aromatic heterocycles. The first-order valence-electron chi connectivity index (χ1n) is 10.8. The van der Waals surface area contributed by atoms with E-state index in [1.807, 2.05) is 49.4 Å². The fraction of sp³-hybridized carbons (Fsp3) is 0.417. The highest BCUT2D eigenvalue weighted by atomic mass is 16.7. The predicted octanol–water partition coefficient (Wildman–Crippen LogP) is 3.05. The van der Waals surface area contributed by atoms with Gasteiger partial charge in [-0.15, -0.1) is 0 Å². The van der Waals surface area contributed by atoms with Gasteiger partial charge in [0.15, 0.2) is 11.5 Å². The Balaban J connectivity index is 1.24. The van der Waals surface area contributed by atoms with Crippen molar-refractivity contribution in [2.75, 3.05) is 27.0 Å². The van der Waals surface area contributed by atoms with Gasteiger partial charge in [-0.2, -0.15) is 0 Å². The Kier molecular flexibility index (Phi) is 6.39. The van der Waals surface area contributed by atoms with Crippen LogP contribution >= 0.6 is 0 Å². The number of ether oxygens (including phenoxy) is 3. The van der Waals surface area contributed by atoms with Crippen molar-refractivity contribution in [3.8, 4) is 17.2 Å². The summed E-state index contributed by atoms with van der Waals surface area (Å²) >= 11 is 0. The molecular formula is C24H29N3O5. The molecule has 0 unspecified atom stereocenters. The number of hydrogen-bond donors (Lipinski definition) is 2. The molecule has 0 bridgehead atoms. The van der Waals surface area contributed by atoms with Gasteiger partial charge in [0.1, 0.15) is 5.75 Å². The molecule has 2 heterocycles. The van der Waals surface area contributed by atoms with Crippen LogP contribution in [0.2, 0.25) is 0 Å². The number of piperidine rings is 1. The Hall–Kier alpha value is -3.42. The van der Waals surface area contributed by atoms with E-state index in [4.69, 9.17) is 14.2 Å². The molecule has 170 valence electrons. The predicted molar refractivity (Wildman–Crippen MR) is 119 cm³/mol. The van der Waals surface area contributed by atoms with E-state index < -0.39 is 5.41 Å². The summed E-state index contributed by atoms with van der Waals surface area (Å²) in [6.45, 7) is 4.13. The standard InChI is InChI=1S/C24H29N3O5/c1-24(22(28)25-14-18-6-7-20-21(13-18)32-16-31-20)8-10-27(11-9-24)23(29)26-15-17-4-3-5-19(12-17)30-2/h3-7,12-13H,8-11,14-16H2,1-2H3,(H,25,28)(H,26,29). The van der Waals surface area contributed by atoms with Crippen LogP contribution in [0.3, 0.4) is 0 Å². The summed E-state index contributed by atoms with van der Waals surface area (Å²) in [6.07, 6.45) is 1.24. The van der Waals surface area contributed by atoms with Gasteiger partial charge in [-0.1, -0.05) is 25.1 Å². The van der Waals surface area contributed by atoms with Gasteiger partial charge in [0.05, 0.1) is 7.11 Å².